The quantitative estimate of drug-likeness (QED) is 0.807. The van der Waals surface area contributed by atoms with Crippen molar-refractivity contribution in [1.82, 2.24) is 5.32 Å². The van der Waals surface area contributed by atoms with Gasteiger partial charge >= 0.3 is 0 Å². The molecule has 3 N–H and O–H groups in total. The van der Waals surface area contributed by atoms with Crippen molar-refractivity contribution in [2.45, 2.75) is 19.9 Å². The minimum absolute atomic E-state index is 0.0993. The molecule has 1 aliphatic heterocycles. The standard InChI is InChI=1S/C13H18N2O3S/c1-3-19-6-8(2)15-13(16)9-4-11-12(5-10(9)14)18-7-17-11/h4-5,8H,3,6-7,14H2,1-2H3,(H,15,16). The number of hydrogen-bond donors (Lipinski definition) is 2. The van der Waals surface area contributed by atoms with Gasteiger partial charge in [-0.2, -0.15) is 11.8 Å². The maximum absolute atomic E-state index is 12.1. The van der Waals surface area contributed by atoms with E-state index in [9.17, 15) is 4.79 Å². The van der Waals surface area contributed by atoms with Gasteiger partial charge < -0.3 is 20.5 Å². The molecule has 1 aromatic carbocycles. The summed E-state index contributed by atoms with van der Waals surface area (Å²) in [5, 5.41) is 2.93. The van der Waals surface area contributed by atoms with Gasteiger partial charge in [0.2, 0.25) is 6.79 Å². The van der Waals surface area contributed by atoms with Gasteiger partial charge in [0.1, 0.15) is 0 Å². The van der Waals surface area contributed by atoms with Gasteiger partial charge in [-0.3, -0.25) is 4.79 Å². The van der Waals surface area contributed by atoms with Crippen molar-refractivity contribution in [3.8, 4) is 11.5 Å². The molecule has 104 valence electrons. The zero-order valence-electron chi connectivity index (χ0n) is 11.1. The fourth-order valence-corrected chi connectivity index (χ4v) is 2.46. The van der Waals surface area contributed by atoms with Crippen LogP contribution in [0.5, 0.6) is 11.5 Å². The highest BCUT2D eigenvalue weighted by Crippen LogP contribution is 2.35. The minimum atomic E-state index is -0.181. The van der Waals surface area contributed by atoms with E-state index in [1.54, 1.807) is 23.9 Å². The first-order chi connectivity index (χ1) is 9.11. The smallest absolute Gasteiger partial charge is 0.253 e. The Kier molecular flexibility index (Phi) is 4.42. The Labute approximate surface area is 116 Å². The van der Waals surface area contributed by atoms with E-state index in [0.717, 1.165) is 11.5 Å². The first-order valence-corrected chi connectivity index (χ1v) is 7.35. The Morgan fingerprint density at radius 1 is 1.47 bits per heavy atom. The van der Waals surface area contributed by atoms with Crippen LogP contribution < -0.4 is 20.5 Å². The number of nitrogen functional groups attached to an aromatic ring is 1. The molecule has 0 fully saturated rings. The van der Waals surface area contributed by atoms with Crippen LogP contribution in [0.2, 0.25) is 0 Å². The summed E-state index contributed by atoms with van der Waals surface area (Å²) in [5.41, 5.74) is 6.70. The summed E-state index contributed by atoms with van der Waals surface area (Å²) in [5.74, 6) is 2.89. The Morgan fingerprint density at radius 2 is 2.16 bits per heavy atom. The molecule has 1 aromatic rings. The second-order valence-corrected chi connectivity index (χ2v) is 5.65. The molecule has 1 atom stereocenters. The number of amides is 1. The van der Waals surface area contributed by atoms with E-state index in [4.69, 9.17) is 15.2 Å². The number of nitrogens with two attached hydrogens (primary N) is 1. The molecule has 1 amide bonds. The predicted molar refractivity (Wildman–Crippen MR) is 76.9 cm³/mol. The number of nitrogens with one attached hydrogen (secondary N) is 1. The third-order valence-electron chi connectivity index (χ3n) is 2.74. The summed E-state index contributed by atoms with van der Waals surface area (Å²) in [6.07, 6.45) is 0. The van der Waals surface area contributed by atoms with Crippen LogP contribution in [0.15, 0.2) is 12.1 Å². The van der Waals surface area contributed by atoms with Gasteiger partial charge in [0.15, 0.2) is 11.5 Å². The number of carbonyl (C=O) groups excluding carboxylic acids is 1. The average molecular weight is 282 g/mol. The van der Waals surface area contributed by atoms with Gasteiger partial charge in [-0.15, -0.1) is 0 Å². The maximum Gasteiger partial charge on any atom is 0.253 e. The second-order valence-electron chi connectivity index (χ2n) is 4.33. The monoisotopic (exact) mass is 282 g/mol. The first-order valence-electron chi connectivity index (χ1n) is 6.19. The summed E-state index contributed by atoms with van der Waals surface area (Å²) in [6.45, 7) is 4.24. The summed E-state index contributed by atoms with van der Waals surface area (Å²) in [6, 6.07) is 3.36. The normalized spacial score (nSPS) is 14.2. The lowest BCUT2D eigenvalue weighted by Crippen LogP contribution is -2.34. The molecule has 6 heteroatoms. The van der Waals surface area contributed by atoms with Crippen molar-refractivity contribution >= 4 is 23.4 Å². The molecule has 2 rings (SSSR count). The van der Waals surface area contributed by atoms with Gasteiger partial charge in [0.05, 0.1) is 5.56 Å². The Bertz CT molecular complexity index is 479. The highest BCUT2D eigenvalue weighted by Gasteiger charge is 2.20. The van der Waals surface area contributed by atoms with Gasteiger partial charge in [-0.25, -0.2) is 0 Å². The number of ether oxygens (including phenoxy) is 2. The van der Waals surface area contributed by atoms with Crippen LogP contribution in [0.1, 0.15) is 24.2 Å². The molecular formula is C13H18N2O3S. The van der Waals surface area contributed by atoms with Gasteiger partial charge in [-0.1, -0.05) is 6.92 Å². The van der Waals surface area contributed by atoms with E-state index in [1.807, 2.05) is 6.92 Å². The third kappa shape index (κ3) is 3.26. The number of carbonyl (C=O) groups is 1. The van der Waals surface area contributed by atoms with Crippen molar-refractivity contribution < 1.29 is 14.3 Å². The van der Waals surface area contributed by atoms with E-state index < -0.39 is 0 Å². The van der Waals surface area contributed by atoms with E-state index in [0.29, 0.717) is 22.7 Å². The van der Waals surface area contributed by atoms with Gasteiger partial charge in [-0.05, 0) is 18.7 Å². The molecule has 0 radical (unpaired) electrons. The Hall–Kier alpha value is -1.56. The molecule has 1 aliphatic rings. The lowest BCUT2D eigenvalue weighted by atomic mass is 10.1. The zero-order valence-corrected chi connectivity index (χ0v) is 11.9. The van der Waals surface area contributed by atoms with E-state index in [-0.39, 0.29) is 18.7 Å². The molecule has 0 aromatic heterocycles. The van der Waals surface area contributed by atoms with Crippen LogP contribution in [-0.4, -0.2) is 30.2 Å². The van der Waals surface area contributed by atoms with Crippen molar-refractivity contribution in [1.29, 1.82) is 0 Å². The van der Waals surface area contributed by atoms with Crippen LogP contribution >= 0.6 is 11.8 Å². The number of benzene rings is 1. The van der Waals surface area contributed by atoms with Gasteiger partial charge in [0, 0.05) is 23.5 Å². The number of anilines is 1. The largest absolute Gasteiger partial charge is 0.454 e. The molecule has 0 saturated heterocycles. The van der Waals surface area contributed by atoms with E-state index in [2.05, 4.69) is 12.2 Å². The highest BCUT2D eigenvalue weighted by atomic mass is 32.2. The molecule has 1 unspecified atom stereocenters. The molecule has 0 aliphatic carbocycles. The Balaban J connectivity index is 2.07. The van der Waals surface area contributed by atoms with Crippen LogP contribution in [0, 0.1) is 0 Å². The summed E-state index contributed by atoms with van der Waals surface area (Å²) >= 11 is 1.79. The number of rotatable bonds is 5. The maximum atomic E-state index is 12.1. The van der Waals surface area contributed by atoms with E-state index in [1.165, 1.54) is 0 Å². The fraction of sp³-hybridized carbons (Fsp3) is 0.462. The van der Waals surface area contributed by atoms with Crippen LogP contribution in [0.4, 0.5) is 5.69 Å². The summed E-state index contributed by atoms with van der Waals surface area (Å²) in [7, 11) is 0. The predicted octanol–water partition coefficient (Wildman–Crippen LogP) is 1.87. The third-order valence-corrected chi connectivity index (χ3v) is 3.88. The minimum Gasteiger partial charge on any atom is -0.454 e. The lowest BCUT2D eigenvalue weighted by molar-refractivity contribution is 0.0944. The first kappa shape index (κ1) is 13.9. The molecule has 0 saturated carbocycles. The highest BCUT2D eigenvalue weighted by molar-refractivity contribution is 7.99. The van der Waals surface area contributed by atoms with Crippen LogP contribution in [0.3, 0.4) is 0 Å². The number of thioether (sulfide) groups is 1. The number of fused-ring (bicyclic) bond motifs is 1. The Morgan fingerprint density at radius 3 is 2.84 bits per heavy atom. The molecule has 19 heavy (non-hydrogen) atoms. The van der Waals surface area contributed by atoms with Crippen LogP contribution in [-0.2, 0) is 0 Å². The zero-order chi connectivity index (χ0) is 13.8. The summed E-state index contributed by atoms with van der Waals surface area (Å²) < 4.78 is 10.5. The average Bonchev–Trinajstić information content (AvgIpc) is 2.82. The van der Waals surface area contributed by atoms with Crippen molar-refractivity contribution in [3.63, 3.8) is 0 Å². The second kappa shape index (κ2) is 6.06. The van der Waals surface area contributed by atoms with Crippen LogP contribution in [0.25, 0.3) is 0 Å². The molecule has 0 spiro atoms. The fourth-order valence-electron chi connectivity index (χ4n) is 1.79. The molecular weight excluding hydrogens is 264 g/mol. The topological polar surface area (TPSA) is 73.6 Å². The number of hydrogen-bond acceptors (Lipinski definition) is 5. The van der Waals surface area contributed by atoms with Crippen molar-refractivity contribution in [2.24, 2.45) is 0 Å². The molecule has 5 nitrogen and oxygen atoms in total. The molecule has 0 bridgehead atoms. The molecule has 1 heterocycles. The summed E-state index contributed by atoms with van der Waals surface area (Å²) in [4.78, 5) is 12.1. The van der Waals surface area contributed by atoms with Crippen molar-refractivity contribution in [2.75, 3.05) is 24.0 Å². The van der Waals surface area contributed by atoms with Gasteiger partial charge in [0.25, 0.3) is 5.91 Å². The lowest BCUT2D eigenvalue weighted by Gasteiger charge is -2.14. The van der Waals surface area contributed by atoms with Crippen molar-refractivity contribution in [3.05, 3.63) is 17.7 Å². The SMILES string of the molecule is CCSCC(C)NC(=O)c1cc2c(cc1N)OCO2. The van der Waals surface area contributed by atoms with E-state index >= 15 is 0 Å².